The van der Waals surface area contributed by atoms with Gasteiger partial charge in [0.05, 0.1) is 5.41 Å². The molecule has 0 saturated heterocycles. The number of fused-ring (bicyclic) bond motifs is 13. The number of hydrogen-bond donors (Lipinski definition) is 0. The van der Waals surface area contributed by atoms with Crippen LogP contribution in [0.2, 0.25) is 0 Å². The Morgan fingerprint density at radius 1 is 0.348 bits per heavy atom. The highest BCUT2D eigenvalue weighted by Gasteiger charge is 2.51. The van der Waals surface area contributed by atoms with Crippen LogP contribution in [0.15, 0.2) is 168 Å². The predicted molar refractivity (Wildman–Crippen MR) is 193 cm³/mol. The zero-order valence-electron chi connectivity index (χ0n) is 24.9. The number of benzene rings is 8. The van der Waals surface area contributed by atoms with E-state index >= 15 is 0 Å². The van der Waals surface area contributed by atoms with E-state index in [9.17, 15) is 0 Å². The summed E-state index contributed by atoms with van der Waals surface area (Å²) < 4.78 is 0. The Labute approximate surface area is 272 Å². The van der Waals surface area contributed by atoms with E-state index in [1.807, 2.05) is 11.8 Å². The molecule has 11 rings (SSSR count). The Hall–Kier alpha value is -5.37. The van der Waals surface area contributed by atoms with Crippen molar-refractivity contribution >= 4 is 33.3 Å². The minimum absolute atomic E-state index is 0.376. The zero-order chi connectivity index (χ0) is 30.0. The summed E-state index contributed by atoms with van der Waals surface area (Å²) >= 11 is 1.89. The lowest BCUT2D eigenvalue weighted by molar-refractivity contribution is 0.795. The number of rotatable bonds is 1. The van der Waals surface area contributed by atoms with Crippen molar-refractivity contribution in [3.8, 4) is 44.5 Å². The van der Waals surface area contributed by atoms with Gasteiger partial charge in [0.1, 0.15) is 0 Å². The maximum atomic E-state index is 2.52. The summed E-state index contributed by atoms with van der Waals surface area (Å²) in [5, 5.41) is 5.26. The molecule has 0 fully saturated rings. The molecule has 0 bridgehead atoms. The highest BCUT2D eigenvalue weighted by molar-refractivity contribution is 7.99. The van der Waals surface area contributed by atoms with Crippen LogP contribution in [0.4, 0.5) is 0 Å². The molecule has 46 heavy (non-hydrogen) atoms. The molecule has 1 spiro atoms. The first-order valence-corrected chi connectivity index (χ1v) is 16.8. The van der Waals surface area contributed by atoms with Crippen molar-refractivity contribution in [2.75, 3.05) is 0 Å². The van der Waals surface area contributed by atoms with Gasteiger partial charge in [-0.25, -0.2) is 0 Å². The van der Waals surface area contributed by atoms with Crippen molar-refractivity contribution in [1.82, 2.24) is 0 Å². The fraction of sp³-hybridized carbons (Fsp3) is 0.0222. The van der Waals surface area contributed by atoms with Crippen molar-refractivity contribution in [3.05, 3.63) is 180 Å². The van der Waals surface area contributed by atoms with Crippen molar-refractivity contribution in [1.29, 1.82) is 0 Å². The number of hydrogen-bond acceptors (Lipinski definition) is 1. The third-order valence-electron chi connectivity index (χ3n) is 10.7. The van der Waals surface area contributed by atoms with Gasteiger partial charge in [-0.1, -0.05) is 139 Å². The van der Waals surface area contributed by atoms with E-state index in [1.54, 1.807) is 0 Å². The third kappa shape index (κ3) is 3.02. The van der Waals surface area contributed by atoms with Crippen LogP contribution in [-0.4, -0.2) is 0 Å². The Morgan fingerprint density at radius 3 is 1.78 bits per heavy atom. The Kier molecular flexibility index (Phi) is 4.80. The largest absolute Gasteiger partial charge is 0.0888 e. The summed E-state index contributed by atoms with van der Waals surface area (Å²) in [5.41, 5.74) is 15.7. The topological polar surface area (TPSA) is 0 Å². The van der Waals surface area contributed by atoms with Gasteiger partial charge in [-0.3, -0.25) is 0 Å². The SMILES string of the molecule is c1ccc2c(c1)Sc1ccc(-c3ccc4c(c3)C3(c5ccccc5-4)c4ccccc4-c4cc5ccccc5cc43)c3cccc-2c13. The van der Waals surface area contributed by atoms with Crippen molar-refractivity contribution in [3.63, 3.8) is 0 Å². The van der Waals surface area contributed by atoms with Crippen LogP contribution in [0, 0.1) is 0 Å². The van der Waals surface area contributed by atoms with E-state index in [1.165, 1.54) is 98.1 Å². The average Bonchev–Trinajstić information content (AvgIpc) is 3.57. The summed E-state index contributed by atoms with van der Waals surface area (Å²) in [7, 11) is 0. The minimum atomic E-state index is -0.376. The van der Waals surface area contributed by atoms with Gasteiger partial charge in [0.25, 0.3) is 0 Å². The second kappa shape index (κ2) is 8.88. The quantitative estimate of drug-likeness (QED) is 0.181. The molecule has 0 N–H and O–H groups in total. The smallest absolute Gasteiger partial charge is 0.0725 e. The summed E-state index contributed by atoms with van der Waals surface area (Å²) in [6, 6.07) is 59.5. The van der Waals surface area contributed by atoms with Gasteiger partial charge < -0.3 is 0 Å². The van der Waals surface area contributed by atoms with E-state index in [0.29, 0.717) is 0 Å². The molecule has 0 radical (unpaired) electrons. The zero-order valence-corrected chi connectivity index (χ0v) is 25.7. The molecule has 0 aromatic heterocycles. The fourth-order valence-corrected chi connectivity index (χ4v) is 9.95. The summed E-state index contributed by atoms with van der Waals surface area (Å²) in [5.74, 6) is 0. The molecule has 8 aromatic rings. The molecule has 8 aromatic carbocycles. The minimum Gasteiger partial charge on any atom is -0.0888 e. The molecule has 1 heteroatoms. The van der Waals surface area contributed by atoms with Crippen molar-refractivity contribution < 1.29 is 0 Å². The Balaban J connectivity index is 1.22. The second-order valence-corrected chi connectivity index (χ2v) is 13.9. The lowest BCUT2D eigenvalue weighted by Crippen LogP contribution is -2.25. The molecule has 0 saturated carbocycles. The highest BCUT2D eigenvalue weighted by atomic mass is 32.2. The fourth-order valence-electron chi connectivity index (χ4n) is 8.82. The first-order valence-electron chi connectivity index (χ1n) is 16.0. The van der Waals surface area contributed by atoms with Crippen molar-refractivity contribution in [2.24, 2.45) is 0 Å². The van der Waals surface area contributed by atoms with Crippen LogP contribution in [0.1, 0.15) is 22.3 Å². The van der Waals surface area contributed by atoms with E-state index in [2.05, 4.69) is 158 Å². The van der Waals surface area contributed by atoms with Gasteiger partial charge in [0.2, 0.25) is 0 Å². The highest BCUT2D eigenvalue weighted by Crippen LogP contribution is 2.63. The van der Waals surface area contributed by atoms with Crippen LogP contribution < -0.4 is 0 Å². The van der Waals surface area contributed by atoms with E-state index < -0.39 is 0 Å². The molecular formula is C45H26S. The van der Waals surface area contributed by atoms with Crippen LogP contribution in [0.3, 0.4) is 0 Å². The lowest BCUT2D eigenvalue weighted by atomic mass is 9.70. The molecule has 0 nitrogen and oxygen atoms in total. The molecule has 212 valence electrons. The van der Waals surface area contributed by atoms with Crippen LogP contribution >= 0.6 is 11.8 Å². The van der Waals surface area contributed by atoms with E-state index in [0.717, 1.165) is 0 Å². The van der Waals surface area contributed by atoms with Crippen LogP contribution in [0.25, 0.3) is 66.1 Å². The molecule has 0 amide bonds. The second-order valence-electron chi connectivity index (χ2n) is 12.8. The van der Waals surface area contributed by atoms with Crippen molar-refractivity contribution in [2.45, 2.75) is 15.2 Å². The normalized spacial score (nSPS) is 16.3. The van der Waals surface area contributed by atoms with Gasteiger partial charge >= 0.3 is 0 Å². The standard InChI is InChI=1S/C45H26S/c1-2-11-28-25-41-37(24-27(28)10-1)32-13-4-7-18-39(32)45(41)38-17-6-3-12-31(38)33-21-20-29(26-40(33)45)30-22-23-43-44-35(30)15-9-16-36(44)34-14-5-8-19-42(34)46-43/h1-26H. The van der Waals surface area contributed by atoms with Gasteiger partial charge in [-0.2, -0.15) is 0 Å². The molecule has 1 unspecified atom stereocenters. The molecule has 3 aliphatic rings. The Morgan fingerprint density at radius 2 is 0.957 bits per heavy atom. The lowest BCUT2D eigenvalue weighted by Gasteiger charge is -2.31. The summed E-state index contributed by atoms with van der Waals surface area (Å²) in [6.07, 6.45) is 0. The molecule has 1 atom stereocenters. The van der Waals surface area contributed by atoms with Gasteiger partial charge in [-0.05, 0) is 113 Å². The third-order valence-corrected chi connectivity index (χ3v) is 11.8. The predicted octanol–water partition coefficient (Wildman–Crippen LogP) is 12.1. The first-order chi connectivity index (χ1) is 22.8. The maximum Gasteiger partial charge on any atom is 0.0725 e. The van der Waals surface area contributed by atoms with E-state index in [4.69, 9.17) is 0 Å². The van der Waals surface area contributed by atoms with Gasteiger partial charge in [0.15, 0.2) is 0 Å². The Bertz CT molecular complexity index is 2630. The van der Waals surface area contributed by atoms with Gasteiger partial charge in [0, 0.05) is 15.2 Å². The molecular weight excluding hydrogens is 573 g/mol. The maximum absolute atomic E-state index is 2.52. The molecule has 2 aliphatic carbocycles. The summed E-state index contributed by atoms with van der Waals surface area (Å²) in [4.78, 5) is 2.67. The van der Waals surface area contributed by atoms with Crippen LogP contribution in [-0.2, 0) is 5.41 Å². The monoisotopic (exact) mass is 598 g/mol. The van der Waals surface area contributed by atoms with E-state index in [-0.39, 0.29) is 5.41 Å². The first kappa shape index (κ1) is 24.9. The molecule has 1 heterocycles. The van der Waals surface area contributed by atoms with Gasteiger partial charge in [-0.15, -0.1) is 0 Å². The van der Waals surface area contributed by atoms with Crippen LogP contribution in [0.5, 0.6) is 0 Å². The molecule has 1 aliphatic heterocycles. The average molecular weight is 599 g/mol. The summed E-state index contributed by atoms with van der Waals surface area (Å²) in [6.45, 7) is 0.